The molecule has 1 saturated heterocycles. The van der Waals surface area contributed by atoms with Crippen LogP contribution in [0.2, 0.25) is 0 Å². The van der Waals surface area contributed by atoms with E-state index in [-0.39, 0.29) is 34.3 Å². The minimum absolute atomic E-state index is 0.0195. The molecule has 3 aliphatic rings. The summed E-state index contributed by atoms with van der Waals surface area (Å²) < 4.78 is 6.39. The molecule has 3 fully saturated rings. The van der Waals surface area contributed by atoms with E-state index in [0.29, 0.717) is 22.4 Å². The molecule has 0 spiro atoms. The van der Waals surface area contributed by atoms with Gasteiger partial charge in [-0.15, -0.1) is 11.3 Å². The van der Waals surface area contributed by atoms with E-state index in [1.807, 2.05) is 37.9 Å². The number of carboxylic acids is 1. The van der Waals surface area contributed by atoms with Gasteiger partial charge in [0.1, 0.15) is 11.0 Å². The van der Waals surface area contributed by atoms with Crippen LogP contribution < -0.4 is 9.64 Å². The second-order valence-electron chi connectivity index (χ2n) is 14.2. The van der Waals surface area contributed by atoms with Crippen molar-refractivity contribution in [2.24, 2.45) is 17.3 Å². The molecule has 2 aromatic heterocycles. The Morgan fingerprint density at radius 3 is 2.41 bits per heavy atom. The first-order valence-corrected chi connectivity index (χ1v) is 17.4. The fraction of sp³-hybridized carbons (Fsp3) is 0.639. The first-order chi connectivity index (χ1) is 21.1. The minimum Gasteiger partial charge on any atom is -0.477 e. The molecule has 0 aromatic carbocycles. The molecule has 0 atom stereocenters. The predicted molar refractivity (Wildman–Crippen MR) is 176 cm³/mol. The quantitative estimate of drug-likeness (QED) is 0.304. The van der Waals surface area contributed by atoms with Gasteiger partial charge in [0.2, 0.25) is 11.8 Å². The van der Waals surface area contributed by atoms with Crippen molar-refractivity contribution in [1.29, 1.82) is 0 Å². The zero-order valence-corrected chi connectivity index (χ0v) is 27.8. The molecule has 0 unspecified atom stereocenters. The normalized spacial score (nSPS) is 24.6. The maximum atomic E-state index is 14.2. The first-order valence-electron chi connectivity index (χ1n) is 16.6. The third-order valence-corrected chi connectivity index (χ3v) is 10.3. The smallest absolute Gasteiger partial charge is 0.348 e. The molecule has 2 saturated carbocycles. The average Bonchev–Trinajstić information content (AvgIpc) is 3.42. The Morgan fingerprint density at radius 2 is 1.75 bits per heavy atom. The number of rotatable bonds is 8. The first kappa shape index (κ1) is 32.5. The molecule has 44 heavy (non-hydrogen) atoms. The maximum absolute atomic E-state index is 14.2. The lowest BCUT2D eigenvalue weighted by Crippen LogP contribution is -2.47. The number of hydrogen-bond acceptors (Lipinski definition) is 6. The summed E-state index contributed by atoms with van der Waals surface area (Å²) in [7, 11) is 0. The summed E-state index contributed by atoms with van der Waals surface area (Å²) in [5, 5.41) is 10.2. The summed E-state index contributed by atoms with van der Waals surface area (Å²) in [6.45, 7) is 11.6. The summed E-state index contributed by atoms with van der Waals surface area (Å²) >= 11 is 1.18. The molecule has 1 N–H and O–H groups in total. The second-order valence-corrected chi connectivity index (χ2v) is 15.2. The summed E-state index contributed by atoms with van der Waals surface area (Å²) in [6, 6.07) is 5.92. The molecule has 7 nitrogen and oxygen atoms in total. The Bertz CT molecular complexity index is 1350. The molecule has 2 aliphatic carbocycles. The van der Waals surface area contributed by atoms with Crippen molar-refractivity contribution in [3.05, 3.63) is 39.7 Å². The van der Waals surface area contributed by atoms with E-state index >= 15 is 0 Å². The van der Waals surface area contributed by atoms with Crippen molar-refractivity contribution >= 4 is 28.9 Å². The standard InChI is InChI=1S/C36H49N3O4S/c1-25-8-10-27(11-9-25)34(40)39(31-23-30(16-18-36(2,3)4)44-33(31)35(41)42)28-12-14-29(15-13-28)43-32-22-26(17-19-37-32)24-38-20-6-5-7-21-38/h17,19,22-23,25,27-29H,5-15,20-21,24H2,1-4H3,(H,41,42)/t25-,27-,28-,29-. The van der Waals surface area contributed by atoms with Crippen LogP contribution in [0.3, 0.4) is 0 Å². The van der Waals surface area contributed by atoms with Gasteiger partial charge in [-0.05, 0) is 122 Å². The minimum atomic E-state index is -1.00. The summed E-state index contributed by atoms with van der Waals surface area (Å²) in [4.78, 5) is 36.5. The zero-order chi connectivity index (χ0) is 31.3. The van der Waals surface area contributed by atoms with Crippen LogP contribution in [0, 0.1) is 29.1 Å². The van der Waals surface area contributed by atoms with Crippen LogP contribution in [0.1, 0.15) is 118 Å². The van der Waals surface area contributed by atoms with Gasteiger partial charge in [-0.3, -0.25) is 9.69 Å². The second kappa shape index (κ2) is 14.5. The van der Waals surface area contributed by atoms with Gasteiger partial charge >= 0.3 is 5.97 Å². The van der Waals surface area contributed by atoms with Crippen LogP contribution in [0.15, 0.2) is 24.4 Å². The number of nitrogens with zero attached hydrogens (tertiary/aromatic N) is 3. The lowest BCUT2D eigenvalue weighted by Gasteiger charge is -2.39. The van der Waals surface area contributed by atoms with Crippen molar-refractivity contribution in [3.8, 4) is 17.7 Å². The third-order valence-electron chi connectivity index (χ3n) is 9.28. The van der Waals surface area contributed by atoms with E-state index in [0.717, 1.165) is 71.0 Å². The van der Waals surface area contributed by atoms with Crippen molar-refractivity contribution in [2.75, 3.05) is 18.0 Å². The highest BCUT2D eigenvalue weighted by atomic mass is 32.1. The lowest BCUT2D eigenvalue weighted by atomic mass is 9.81. The number of carbonyl (C=O) groups excluding carboxylic acids is 1. The van der Waals surface area contributed by atoms with E-state index in [9.17, 15) is 14.7 Å². The van der Waals surface area contributed by atoms with Gasteiger partial charge in [0.25, 0.3) is 0 Å². The van der Waals surface area contributed by atoms with E-state index in [1.54, 1.807) is 0 Å². The number of piperidine rings is 1. The molecular formula is C36H49N3O4S. The molecule has 8 heteroatoms. The molecule has 2 aromatic rings. The maximum Gasteiger partial charge on any atom is 0.348 e. The molecule has 1 aliphatic heterocycles. The number of amides is 1. The number of likely N-dealkylation sites (tertiary alicyclic amines) is 1. The highest BCUT2D eigenvalue weighted by Gasteiger charge is 2.38. The van der Waals surface area contributed by atoms with Gasteiger partial charge in [0, 0.05) is 36.2 Å². The molecule has 5 rings (SSSR count). The van der Waals surface area contributed by atoms with E-state index in [2.05, 4.69) is 40.8 Å². The van der Waals surface area contributed by atoms with Crippen molar-refractivity contribution in [1.82, 2.24) is 9.88 Å². The lowest BCUT2D eigenvalue weighted by molar-refractivity contribution is -0.124. The summed E-state index contributed by atoms with van der Waals surface area (Å²) in [6.07, 6.45) is 12.6. The number of anilines is 1. The Morgan fingerprint density at radius 1 is 1.05 bits per heavy atom. The van der Waals surface area contributed by atoms with Crippen molar-refractivity contribution < 1.29 is 19.4 Å². The van der Waals surface area contributed by atoms with Crippen molar-refractivity contribution in [3.63, 3.8) is 0 Å². The topological polar surface area (TPSA) is 83.0 Å². The Kier molecular flexibility index (Phi) is 10.7. The van der Waals surface area contributed by atoms with Crippen molar-refractivity contribution in [2.45, 2.75) is 117 Å². The van der Waals surface area contributed by atoms with Crippen LogP contribution in [0.4, 0.5) is 5.69 Å². The van der Waals surface area contributed by atoms with Gasteiger partial charge in [-0.1, -0.05) is 25.2 Å². The average molecular weight is 620 g/mol. The fourth-order valence-electron chi connectivity index (χ4n) is 6.80. The fourth-order valence-corrected chi connectivity index (χ4v) is 7.65. The van der Waals surface area contributed by atoms with Gasteiger partial charge < -0.3 is 14.7 Å². The molecular weight excluding hydrogens is 570 g/mol. The summed E-state index contributed by atoms with van der Waals surface area (Å²) in [5.74, 6) is 6.70. The van der Waals surface area contributed by atoms with E-state index < -0.39 is 5.97 Å². The molecule has 0 radical (unpaired) electrons. The number of pyridine rings is 1. The number of ether oxygens (including phenoxy) is 1. The van der Waals surface area contributed by atoms with Gasteiger partial charge in [0.05, 0.1) is 10.6 Å². The number of carbonyl (C=O) groups is 2. The zero-order valence-electron chi connectivity index (χ0n) is 26.9. The Hall–Kier alpha value is -2.89. The predicted octanol–water partition coefficient (Wildman–Crippen LogP) is 7.77. The highest BCUT2D eigenvalue weighted by molar-refractivity contribution is 7.15. The largest absolute Gasteiger partial charge is 0.477 e. The SMILES string of the molecule is CC(C)(C)C#Cc1cc(N(C(=O)[C@H]2CC[C@H](C)CC2)[C@H]2CC[C@H](Oc3cc(CN4CCCCC4)ccn3)CC2)c(C(=O)O)s1. The van der Waals surface area contributed by atoms with Gasteiger partial charge in [-0.2, -0.15) is 0 Å². The molecule has 0 bridgehead atoms. The number of thiophene rings is 1. The Balaban J connectivity index is 1.32. The Labute approximate surface area is 267 Å². The highest BCUT2D eigenvalue weighted by Crippen LogP contribution is 2.39. The molecule has 238 valence electrons. The van der Waals surface area contributed by atoms with Crippen LogP contribution in [-0.4, -0.2) is 52.1 Å². The molecule has 3 heterocycles. The van der Waals surface area contributed by atoms with Crippen LogP contribution in [0.5, 0.6) is 5.88 Å². The number of hydrogen-bond donors (Lipinski definition) is 1. The number of aromatic nitrogens is 1. The number of carboxylic acid groups (broad SMARTS) is 1. The molecule has 1 amide bonds. The number of aromatic carboxylic acids is 1. The van der Waals surface area contributed by atoms with Crippen LogP contribution in [0.25, 0.3) is 0 Å². The summed E-state index contributed by atoms with van der Waals surface area (Å²) in [5.41, 5.74) is 1.54. The van der Waals surface area contributed by atoms with Crippen LogP contribution in [-0.2, 0) is 11.3 Å². The van der Waals surface area contributed by atoms with E-state index in [4.69, 9.17) is 4.74 Å². The van der Waals surface area contributed by atoms with Gasteiger partial charge in [0.15, 0.2) is 0 Å². The van der Waals surface area contributed by atoms with Gasteiger partial charge in [-0.25, -0.2) is 9.78 Å². The van der Waals surface area contributed by atoms with Crippen LogP contribution >= 0.6 is 11.3 Å². The van der Waals surface area contributed by atoms with E-state index in [1.165, 1.54) is 36.2 Å². The third kappa shape index (κ3) is 8.63. The monoisotopic (exact) mass is 619 g/mol.